The number of aromatic nitrogens is 1. The summed E-state index contributed by atoms with van der Waals surface area (Å²) in [4.78, 5) is 30.6. The summed E-state index contributed by atoms with van der Waals surface area (Å²) in [6.45, 7) is 4.41. The van der Waals surface area contributed by atoms with E-state index in [1.165, 1.54) is 0 Å². The lowest BCUT2D eigenvalue weighted by Crippen LogP contribution is -2.33. The first kappa shape index (κ1) is 16.3. The Hall–Kier alpha value is -3.15. The minimum Gasteiger partial charge on any atom is -0.464 e. The molecule has 0 saturated carbocycles. The topological polar surface area (TPSA) is 75.4 Å². The highest BCUT2D eigenvalue weighted by Crippen LogP contribution is 2.30. The third-order valence-corrected chi connectivity index (χ3v) is 4.84. The van der Waals surface area contributed by atoms with Crippen LogP contribution in [-0.4, -0.2) is 23.3 Å². The smallest absolute Gasteiger partial charge is 0.231 e. The molecule has 0 saturated heterocycles. The predicted octanol–water partition coefficient (Wildman–Crippen LogP) is 3.36. The molecule has 1 aliphatic heterocycles. The van der Waals surface area contributed by atoms with Crippen molar-refractivity contribution in [3.8, 4) is 0 Å². The molecule has 26 heavy (non-hydrogen) atoms. The van der Waals surface area contributed by atoms with Crippen molar-refractivity contribution in [3.63, 3.8) is 0 Å². The van der Waals surface area contributed by atoms with Gasteiger partial charge in [-0.2, -0.15) is 0 Å². The fraction of sp³-hybridized carbons (Fsp3) is 0.250. The Morgan fingerprint density at radius 1 is 1.31 bits per heavy atom. The van der Waals surface area contributed by atoms with Crippen molar-refractivity contribution in [3.05, 3.63) is 53.5 Å². The van der Waals surface area contributed by atoms with Crippen LogP contribution in [0.2, 0.25) is 0 Å². The maximum Gasteiger partial charge on any atom is 0.231 e. The van der Waals surface area contributed by atoms with Crippen molar-refractivity contribution in [2.75, 3.05) is 16.8 Å². The Labute approximate surface area is 150 Å². The van der Waals surface area contributed by atoms with Gasteiger partial charge in [-0.05, 0) is 43.2 Å². The van der Waals surface area contributed by atoms with Crippen molar-refractivity contribution in [2.24, 2.45) is 0 Å². The second-order valence-corrected chi connectivity index (χ2v) is 6.61. The number of furan rings is 1. The van der Waals surface area contributed by atoms with E-state index in [0.717, 1.165) is 27.7 Å². The van der Waals surface area contributed by atoms with Crippen LogP contribution in [0.4, 0.5) is 11.4 Å². The average molecular weight is 349 g/mol. The van der Waals surface area contributed by atoms with E-state index in [1.54, 1.807) is 29.6 Å². The zero-order valence-electron chi connectivity index (χ0n) is 14.7. The Morgan fingerprint density at radius 3 is 2.96 bits per heavy atom. The molecule has 0 fully saturated rings. The van der Waals surface area contributed by atoms with E-state index < -0.39 is 0 Å². The molecule has 6 heteroatoms. The van der Waals surface area contributed by atoms with Crippen molar-refractivity contribution in [1.82, 2.24) is 4.98 Å². The van der Waals surface area contributed by atoms with Gasteiger partial charge in [-0.3, -0.25) is 14.6 Å². The molecule has 2 aromatic heterocycles. The van der Waals surface area contributed by atoms with E-state index in [0.29, 0.717) is 17.9 Å². The van der Waals surface area contributed by atoms with Gasteiger partial charge in [0.1, 0.15) is 5.58 Å². The van der Waals surface area contributed by atoms with Gasteiger partial charge in [-0.15, -0.1) is 0 Å². The van der Waals surface area contributed by atoms with Crippen molar-refractivity contribution >= 4 is 34.2 Å². The zero-order valence-corrected chi connectivity index (χ0v) is 14.7. The molecule has 3 heterocycles. The van der Waals surface area contributed by atoms with E-state index in [-0.39, 0.29) is 24.7 Å². The molecule has 3 aromatic rings. The number of hydrogen-bond donors (Lipinski definition) is 1. The molecular formula is C20H19N3O3. The Balaban J connectivity index is 1.67. The number of nitrogens with one attached hydrogen (secondary N) is 1. The number of aryl methyl sites for hydroxylation is 2. The third-order valence-electron chi connectivity index (χ3n) is 4.84. The maximum absolute atomic E-state index is 13.0. The fourth-order valence-electron chi connectivity index (χ4n) is 3.24. The molecule has 1 N–H and O–H groups in total. The summed E-state index contributed by atoms with van der Waals surface area (Å²) in [6.07, 6.45) is 5.32. The molecule has 0 unspecified atom stereocenters. The second kappa shape index (κ2) is 6.29. The lowest BCUT2D eigenvalue weighted by Gasteiger charge is -2.21. The quantitative estimate of drug-likeness (QED) is 0.770. The number of carbonyl (C=O) groups excluding carboxylic acids is 2. The highest BCUT2D eigenvalue weighted by atomic mass is 16.3. The Kier molecular flexibility index (Phi) is 3.95. The maximum atomic E-state index is 13.0. The van der Waals surface area contributed by atoms with Crippen LogP contribution >= 0.6 is 0 Å². The van der Waals surface area contributed by atoms with Crippen LogP contribution < -0.4 is 10.2 Å². The lowest BCUT2D eigenvalue weighted by atomic mass is 10.0. The van der Waals surface area contributed by atoms with E-state index >= 15 is 0 Å². The first-order valence-corrected chi connectivity index (χ1v) is 8.54. The van der Waals surface area contributed by atoms with Gasteiger partial charge in [-0.1, -0.05) is 0 Å². The number of rotatable bonds is 2. The normalized spacial score (nSPS) is 14.1. The summed E-state index contributed by atoms with van der Waals surface area (Å²) >= 11 is 0. The third kappa shape index (κ3) is 2.83. The summed E-state index contributed by atoms with van der Waals surface area (Å²) < 4.78 is 5.63. The molecule has 4 rings (SSSR count). The summed E-state index contributed by atoms with van der Waals surface area (Å²) in [5.74, 6) is -0.190. The number of hydrogen-bond acceptors (Lipinski definition) is 4. The number of anilines is 2. The minimum atomic E-state index is -0.104. The van der Waals surface area contributed by atoms with E-state index in [1.807, 2.05) is 19.9 Å². The Morgan fingerprint density at radius 2 is 2.12 bits per heavy atom. The number of fused-ring (bicyclic) bond motifs is 2. The van der Waals surface area contributed by atoms with Crippen LogP contribution in [0.1, 0.15) is 23.1 Å². The van der Waals surface area contributed by atoms with Gasteiger partial charge in [0.25, 0.3) is 0 Å². The molecule has 132 valence electrons. The van der Waals surface area contributed by atoms with Crippen LogP contribution in [-0.2, 0) is 16.0 Å². The van der Waals surface area contributed by atoms with Crippen LogP contribution in [0.15, 0.2) is 41.3 Å². The monoisotopic (exact) mass is 349 g/mol. The van der Waals surface area contributed by atoms with E-state index in [2.05, 4.69) is 16.4 Å². The van der Waals surface area contributed by atoms with Gasteiger partial charge in [0.2, 0.25) is 11.8 Å². The largest absolute Gasteiger partial charge is 0.464 e. The van der Waals surface area contributed by atoms with Crippen molar-refractivity contribution in [2.45, 2.75) is 26.7 Å². The van der Waals surface area contributed by atoms with E-state index in [4.69, 9.17) is 4.42 Å². The first-order valence-electron chi connectivity index (χ1n) is 8.54. The first-order chi connectivity index (χ1) is 12.5. The summed E-state index contributed by atoms with van der Waals surface area (Å²) in [6, 6.07) is 5.75. The molecule has 1 aliphatic rings. The molecular weight excluding hydrogens is 330 g/mol. The van der Waals surface area contributed by atoms with Gasteiger partial charge in [-0.25, -0.2) is 0 Å². The SMILES string of the molecule is Cc1cc2occ(CC(=O)N3CCC(=O)Nc4ccncc43)c2cc1C. The van der Waals surface area contributed by atoms with Crippen LogP contribution in [0.3, 0.4) is 0 Å². The minimum absolute atomic E-state index is 0.0864. The van der Waals surface area contributed by atoms with Gasteiger partial charge in [0, 0.05) is 30.1 Å². The number of carbonyl (C=O) groups is 2. The van der Waals surface area contributed by atoms with Crippen molar-refractivity contribution < 1.29 is 14.0 Å². The molecule has 6 nitrogen and oxygen atoms in total. The summed E-state index contributed by atoms with van der Waals surface area (Å²) in [5.41, 5.74) is 5.18. The molecule has 0 radical (unpaired) electrons. The van der Waals surface area contributed by atoms with Crippen molar-refractivity contribution in [1.29, 1.82) is 0 Å². The summed E-state index contributed by atoms with van der Waals surface area (Å²) in [5, 5.41) is 3.77. The Bertz CT molecular complexity index is 1020. The van der Waals surface area contributed by atoms with E-state index in [9.17, 15) is 9.59 Å². The predicted molar refractivity (Wildman–Crippen MR) is 99.2 cm³/mol. The standard InChI is InChI=1S/C20H19N3O3/c1-12-7-15-14(11-26-18(15)8-13(12)2)9-20(25)23-6-4-19(24)22-16-3-5-21-10-17(16)23/h3,5,7-8,10-11H,4,6,9H2,1-2H3,(H,22,24). The molecule has 2 amide bonds. The molecule has 0 bridgehead atoms. The zero-order chi connectivity index (χ0) is 18.3. The molecule has 0 aliphatic carbocycles. The van der Waals surface area contributed by atoms with Gasteiger partial charge >= 0.3 is 0 Å². The van der Waals surface area contributed by atoms with Crippen LogP contribution in [0.25, 0.3) is 11.0 Å². The number of nitrogens with zero attached hydrogens (tertiary/aromatic N) is 2. The van der Waals surface area contributed by atoms with Gasteiger partial charge in [0.05, 0.1) is 30.3 Å². The summed E-state index contributed by atoms with van der Waals surface area (Å²) in [7, 11) is 0. The fourth-order valence-corrected chi connectivity index (χ4v) is 3.24. The number of amides is 2. The van der Waals surface area contributed by atoms with Gasteiger partial charge < -0.3 is 14.6 Å². The highest BCUT2D eigenvalue weighted by Gasteiger charge is 2.25. The molecule has 1 aromatic carbocycles. The molecule has 0 atom stereocenters. The van der Waals surface area contributed by atoms with Crippen LogP contribution in [0.5, 0.6) is 0 Å². The molecule has 0 spiro atoms. The van der Waals surface area contributed by atoms with Crippen LogP contribution in [0, 0.1) is 13.8 Å². The lowest BCUT2D eigenvalue weighted by molar-refractivity contribution is -0.118. The number of benzene rings is 1. The second-order valence-electron chi connectivity index (χ2n) is 6.61. The number of pyridine rings is 1. The average Bonchev–Trinajstić information content (AvgIpc) is 2.89. The highest BCUT2D eigenvalue weighted by molar-refractivity contribution is 6.04. The van der Waals surface area contributed by atoms with Gasteiger partial charge in [0.15, 0.2) is 0 Å².